The van der Waals surface area contributed by atoms with Crippen LogP contribution in [0.4, 0.5) is 0 Å². The van der Waals surface area contributed by atoms with Crippen molar-refractivity contribution in [3.63, 3.8) is 0 Å². The molecule has 3 nitrogen and oxygen atoms in total. The van der Waals surface area contributed by atoms with Crippen molar-refractivity contribution in [2.75, 3.05) is 7.11 Å². The minimum Gasteiger partial charge on any atom is -0.501 e. The molecule has 0 saturated heterocycles. The summed E-state index contributed by atoms with van der Waals surface area (Å²) in [5, 5.41) is 11.5. The second kappa shape index (κ2) is 3.87. The molecule has 0 aromatic rings. The zero-order valence-electron chi connectivity index (χ0n) is 7.43. The lowest BCUT2D eigenvalue weighted by atomic mass is 10.1. The predicted octanol–water partition coefficient (Wildman–Crippen LogP) is 1.39. The molecule has 11 heavy (non-hydrogen) atoms. The molecule has 0 aromatic carbocycles. The van der Waals surface area contributed by atoms with E-state index in [1.807, 2.05) is 26.8 Å². The molecule has 0 aliphatic heterocycles. The summed E-state index contributed by atoms with van der Waals surface area (Å²) < 4.78 is 4.69. The molecule has 0 aromatic heterocycles. The summed E-state index contributed by atoms with van der Waals surface area (Å²) >= 11 is 0. The summed E-state index contributed by atoms with van der Waals surface area (Å²) in [6.45, 7) is 5.94. The van der Waals surface area contributed by atoms with Gasteiger partial charge in [-0.05, 0) is 20.8 Å². The highest BCUT2D eigenvalue weighted by atomic mass is 16.5. The number of nitrogens with zero attached hydrogens (tertiary/aromatic N) is 1. The SMILES string of the molecule is CO/C=C(\C#N)NC(C)(C)C. The van der Waals surface area contributed by atoms with Gasteiger partial charge in [-0.15, -0.1) is 0 Å². The standard InChI is InChI=1S/C8H14N2O/c1-8(2,3)10-7(5-9)6-11-4/h6,10H,1-4H3/b7-6+. The van der Waals surface area contributed by atoms with Crippen LogP contribution in [0.25, 0.3) is 0 Å². The van der Waals surface area contributed by atoms with Crippen LogP contribution < -0.4 is 5.32 Å². The average Bonchev–Trinajstić information content (AvgIpc) is 1.84. The summed E-state index contributed by atoms with van der Waals surface area (Å²) in [7, 11) is 1.52. The van der Waals surface area contributed by atoms with Gasteiger partial charge in [0.25, 0.3) is 0 Å². The maximum absolute atomic E-state index is 8.56. The van der Waals surface area contributed by atoms with Crippen LogP contribution in [0, 0.1) is 11.3 Å². The van der Waals surface area contributed by atoms with E-state index in [4.69, 9.17) is 10.00 Å². The number of nitriles is 1. The molecule has 0 aliphatic rings. The monoisotopic (exact) mass is 154 g/mol. The van der Waals surface area contributed by atoms with Gasteiger partial charge in [-0.3, -0.25) is 0 Å². The van der Waals surface area contributed by atoms with Gasteiger partial charge in [0.05, 0.1) is 7.11 Å². The number of rotatable bonds is 2. The van der Waals surface area contributed by atoms with Gasteiger partial charge in [-0.1, -0.05) is 0 Å². The van der Waals surface area contributed by atoms with Crippen molar-refractivity contribution in [3.8, 4) is 6.07 Å². The molecule has 0 unspecified atom stereocenters. The second-order valence-electron chi connectivity index (χ2n) is 3.25. The summed E-state index contributed by atoms with van der Waals surface area (Å²) in [4.78, 5) is 0. The number of allylic oxidation sites excluding steroid dienone is 1. The van der Waals surface area contributed by atoms with E-state index in [-0.39, 0.29) is 5.54 Å². The normalized spacial score (nSPS) is 12.1. The van der Waals surface area contributed by atoms with Crippen LogP contribution in [-0.2, 0) is 4.74 Å². The fraction of sp³-hybridized carbons (Fsp3) is 0.625. The summed E-state index contributed by atoms with van der Waals surface area (Å²) in [6.07, 6.45) is 1.39. The molecule has 0 amide bonds. The highest BCUT2D eigenvalue weighted by Gasteiger charge is 2.10. The average molecular weight is 154 g/mol. The molecule has 0 fully saturated rings. The predicted molar refractivity (Wildman–Crippen MR) is 43.6 cm³/mol. The van der Waals surface area contributed by atoms with E-state index in [0.29, 0.717) is 5.70 Å². The molecule has 0 radical (unpaired) electrons. The van der Waals surface area contributed by atoms with Crippen molar-refractivity contribution in [3.05, 3.63) is 12.0 Å². The third-order valence-corrected chi connectivity index (χ3v) is 0.866. The smallest absolute Gasteiger partial charge is 0.148 e. The zero-order chi connectivity index (χ0) is 8.91. The largest absolute Gasteiger partial charge is 0.501 e. The van der Waals surface area contributed by atoms with Crippen LogP contribution in [-0.4, -0.2) is 12.6 Å². The molecule has 1 N–H and O–H groups in total. The number of hydrogen-bond donors (Lipinski definition) is 1. The molecule has 0 saturated carbocycles. The first-order valence-electron chi connectivity index (χ1n) is 3.41. The molecule has 62 valence electrons. The zero-order valence-corrected chi connectivity index (χ0v) is 7.43. The first kappa shape index (κ1) is 9.83. The maximum atomic E-state index is 8.56. The van der Waals surface area contributed by atoms with Crippen LogP contribution in [0.1, 0.15) is 20.8 Å². The molecule has 0 aliphatic carbocycles. The number of methoxy groups -OCH3 is 1. The van der Waals surface area contributed by atoms with Crippen LogP contribution in [0.3, 0.4) is 0 Å². The van der Waals surface area contributed by atoms with Crippen molar-refractivity contribution in [2.45, 2.75) is 26.3 Å². The van der Waals surface area contributed by atoms with Gasteiger partial charge in [0.1, 0.15) is 18.0 Å². The Labute approximate surface area is 67.7 Å². The topological polar surface area (TPSA) is 45.0 Å². The second-order valence-corrected chi connectivity index (χ2v) is 3.25. The van der Waals surface area contributed by atoms with Crippen molar-refractivity contribution in [2.24, 2.45) is 0 Å². The van der Waals surface area contributed by atoms with Gasteiger partial charge >= 0.3 is 0 Å². The minimum atomic E-state index is -0.0971. The summed E-state index contributed by atoms with van der Waals surface area (Å²) in [6, 6.07) is 1.98. The first-order chi connectivity index (χ1) is 4.99. The highest BCUT2D eigenvalue weighted by molar-refractivity contribution is 5.17. The van der Waals surface area contributed by atoms with Gasteiger partial charge < -0.3 is 10.1 Å². The maximum Gasteiger partial charge on any atom is 0.148 e. The Morgan fingerprint density at radius 1 is 1.55 bits per heavy atom. The first-order valence-corrected chi connectivity index (χ1v) is 3.41. The quantitative estimate of drug-likeness (QED) is 0.483. The molecule has 0 rings (SSSR count). The molecular weight excluding hydrogens is 140 g/mol. The van der Waals surface area contributed by atoms with Crippen molar-refractivity contribution < 1.29 is 4.74 Å². The Morgan fingerprint density at radius 2 is 2.09 bits per heavy atom. The van der Waals surface area contributed by atoms with Gasteiger partial charge in [-0.25, -0.2) is 0 Å². The lowest BCUT2D eigenvalue weighted by Crippen LogP contribution is -2.34. The van der Waals surface area contributed by atoms with Gasteiger partial charge in [0.2, 0.25) is 0 Å². The Kier molecular flexibility index (Phi) is 3.46. The fourth-order valence-electron chi connectivity index (χ4n) is 0.606. The van der Waals surface area contributed by atoms with Gasteiger partial charge in [-0.2, -0.15) is 5.26 Å². The fourth-order valence-corrected chi connectivity index (χ4v) is 0.606. The molecule has 0 atom stereocenters. The van der Waals surface area contributed by atoms with E-state index in [2.05, 4.69) is 5.32 Å². The van der Waals surface area contributed by atoms with Gasteiger partial charge in [0, 0.05) is 5.54 Å². The van der Waals surface area contributed by atoms with Crippen LogP contribution >= 0.6 is 0 Å². The van der Waals surface area contributed by atoms with Crippen molar-refractivity contribution in [1.82, 2.24) is 5.32 Å². The third-order valence-electron chi connectivity index (χ3n) is 0.866. The van der Waals surface area contributed by atoms with Crippen molar-refractivity contribution >= 4 is 0 Å². The molecule has 0 bridgehead atoms. The van der Waals surface area contributed by atoms with E-state index in [1.165, 1.54) is 13.4 Å². The summed E-state index contributed by atoms with van der Waals surface area (Å²) in [5.74, 6) is 0. The van der Waals surface area contributed by atoms with E-state index >= 15 is 0 Å². The Bertz CT molecular complexity index is 183. The van der Waals surface area contributed by atoms with Gasteiger partial charge in [0.15, 0.2) is 0 Å². The number of ether oxygens (including phenoxy) is 1. The Balaban J connectivity index is 4.13. The van der Waals surface area contributed by atoms with Crippen LogP contribution in [0.2, 0.25) is 0 Å². The highest BCUT2D eigenvalue weighted by Crippen LogP contribution is 2.02. The van der Waals surface area contributed by atoms with Crippen LogP contribution in [0.15, 0.2) is 12.0 Å². The van der Waals surface area contributed by atoms with E-state index in [9.17, 15) is 0 Å². The lowest BCUT2D eigenvalue weighted by Gasteiger charge is -2.20. The minimum absolute atomic E-state index is 0.0971. The summed E-state index contributed by atoms with van der Waals surface area (Å²) in [5.41, 5.74) is 0.347. The molecular formula is C8H14N2O. The molecule has 3 heteroatoms. The Morgan fingerprint density at radius 3 is 2.36 bits per heavy atom. The van der Waals surface area contributed by atoms with Crippen LogP contribution in [0.5, 0.6) is 0 Å². The molecule has 0 spiro atoms. The third kappa shape index (κ3) is 5.28. The Hall–Kier alpha value is -1.17. The van der Waals surface area contributed by atoms with Crippen molar-refractivity contribution in [1.29, 1.82) is 5.26 Å². The van der Waals surface area contributed by atoms with E-state index in [1.54, 1.807) is 0 Å². The number of hydrogen-bond acceptors (Lipinski definition) is 3. The molecule has 0 heterocycles. The van der Waals surface area contributed by atoms with E-state index < -0.39 is 0 Å². The number of nitrogens with one attached hydrogen (secondary N) is 1. The van der Waals surface area contributed by atoms with E-state index in [0.717, 1.165) is 0 Å². The lowest BCUT2D eigenvalue weighted by molar-refractivity contribution is 0.328.